The van der Waals surface area contributed by atoms with Crippen LogP contribution in [-0.4, -0.2) is 57.6 Å². The molecule has 1 aromatic heterocycles. The van der Waals surface area contributed by atoms with Gasteiger partial charge in [-0.3, -0.25) is 9.05 Å². The number of hydrogen-bond acceptors (Lipinski definition) is 7. The van der Waals surface area contributed by atoms with Crippen LogP contribution >= 0.6 is 7.82 Å². The summed E-state index contributed by atoms with van der Waals surface area (Å²) >= 11 is 0. The lowest BCUT2D eigenvalue weighted by Gasteiger charge is -2.18. The minimum atomic E-state index is -4.25. The summed E-state index contributed by atoms with van der Waals surface area (Å²) in [6, 6.07) is 3.31. The Kier molecular flexibility index (Phi) is 23.1. The Bertz CT molecular complexity index is 825. The monoisotopic (exact) mass is 602 g/mol. The number of rotatable bonds is 28. The highest BCUT2D eigenvalue weighted by atomic mass is 31.2. The summed E-state index contributed by atoms with van der Waals surface area (Å²) in [5, 5.41) is 0. The Morgan fingerprint density at radius 2 is 1.39 bits per heavy atom. The van der Waals surface area contributed by atoms with Gasteiger partial charge in [-0.25, -0.2) is 13.9 Å². The van der Waals surface area contributed by atoms with E-state index in [-0.39, 0.29) is 26.4 Å². The lowest BCUT2D eigenvalue weighted by atomic mass is 10.0. The number of esters is 1. The molecule has 0 bridgehead atoms. The van der Waals surface area contributed by atoms with Crippen LogP contribution in [0.15, 0.2) is 24.5 Å². The summed E-state index contributed by atoms with van der Waals surface area (Å²) in [5.74, 6) is -0.459. The molecular formula is C31H57NO8P+. The number of nitrogens with zero attached hydrogens (tertiary/aromatic N) is 1. The van der Waals surface area contributed by atoms with Gasteiger partial charge in [0.1, 0.15) is 18.3 Å². The first-order valence-corrected chi connectivity index (χ1v) is 17.2. The minimum absolute atomic E-state index is 0.0729. The van der Waals surface area contributed by atoms with Crippen LogP contribution in [0, 0.1) is 0 Å². The average molecular weight is 603 g/mol. The predicted octanol–water partition coefficient (Wildman–Crippen LogP) is 7.19. The molecule has 0 radical (unpaired) electrons. The molecule has 0 aromatic carbocycles. The van der Waals surface area contributed by atoms with Crippen molar-refractivity contribution in [1.29, 1.82) is 0 Å². The van der Waals surface area contributed by atoms with Crippen molar-refractivity contribution in [2.24, 2.45) is 0 Å². The lowest BCUT2D eigenvalue weighted by molar-refractivity contribution is -0.697. The van der Waals surface area contributed by atoms with Crippen LogP contribution in [0.2, 0.25) is 0 Å². The third kappa shape index (κ3) is 21.1. The van der Waals surface area contributed by atoms with Crippen molar-refractivity contribution in [1.82, 2.24) is 0 Å². The molecule has 1 aromatic rings. The molecule has 1 unspecified atom stereocenters. The van der Waals surface area contributed by atoms with Crippen molar-refractivity contribution in [3.63, 3.8) is 0 Å². The first-order chi connectivity index (χ1) is 19.9. The van der Waals surface area contributed by atoms with Crippen molar-refractivity contribution >= 4 is 13.8 Å². The van der Waals surface area contributed by atoms with E-state index < -0.39 is 19.9 Å². The quantitative estimate of drug-likeness (QED) is 0.0465. The normalized spacial score (nSPS) is 13.7. The highest BCUT2D eigenvalue weighted by Crippen LogP contribution is 2.43. The Hall–Kier alpha value is -1.35. The van der Waals surface area contributed by atoms with E-state index in [1.807, 2.05) is 0 Å². The van der Waals surface area contributed by atoms with Gasteiger partial charge in [-0.1, -0.05) is 103 Å². The molecule has 0 fully saturated rings. The Labute approximate surface area is 248 Å². The van der Waals surface area contributed by atoms with Gasteiger partial charge in [-0.15, -0.1) is 0 Å². The Morgan fingerprint density at radius 1 is 0.829 bits per heavy atom. The van der Waals surface area contributed by atoms with Crippen molar-refractivity contribution in [3.8, 4) is 0 Å². The zero-order valence-electron chi connectivity index (χ0n) is 25.9. The van der Waals surface area contributed by atoms with Gasteiger partial charge >= 0.3 is 13.8 Å². The standard InChI is InChI=1S/C31H56NO8P/c1-4-5-6-7-8-9-10-11-12-13-14-15-16-17-18-19-24-38-27-30(36-2)28-40-41(34,35)39-25-23-32-22-20-21-29(26-32)31(33)37-3/h20-22,26,30H,4-19,23-25,27-28H2,1-3H3/p+1/t30-/m0/s1. The molecule has 0 saturated heterocycles. The van der Waals surface area contributed by atoms with E-state index in [1.54, 1.807) is 29.1 Å². The van der Waals surface area contributed by atoms with E-state index >= 15 is 0 Å². The van der Waals surface area contributed by atoms with Crippen LogP contribution in [0.4, 0.5) is 0 Å². The fourth-order valence-electron chi connectivity index (χ4n) is 4.53. The second-order valence-electron chi connectivity index (χ2n) is 10.7. The number of pyridine rings is 1. The van der Waals surface area contributed by atoms with E-state index in [2.05, 4.69) is 6.92 Å². The molecule has 9 nitrogen and oxygen atoms in total. The van der Waals surface area contributed by atoms with Gasteiger partial charge < -0.3 is 19.1 Å². The Morgan fingerprint density at radius 3 is 1.93 bits per heavy atom. The third-order valence-corrected chi connectivity index (χ3v) is 8.07. The molecule has 1 rings (SSSR count). The maximum absolute atomic E-state index is 12.2. The minimum Gasteiger partial charge on any atom is -0.465 e. The third-order valence-electron chi connectivity index (χ3n) is 7.09. The van der Waals surface area contributed by atoms with Crippen molar-refractivity contribution < 1.29 is 42.1 Å². The smallest absolute Gasteiger partial charge is 0.465 e. The molecule has 2 atom stereocenters. The predicted molar refractivity (Wildman–Crippen MR) is 161 cm³/mol. The summed E-state index contributed by atoms with van der Waals surface area (Å²) in [5.41, 5.74) is 0.376. The van der Waals surface area contributed by atoms with Gasteiger partial charge in [-0.05, 0) is 12.5 Å². The second-order valence-corrected chi connectivity index (χ2v) is 12.1. The second kappa shape index (κ2) is 25.2. The first kappa shape index (κ1) is 37.7. The van der Waals surface area contributed by atoms with E-state index in [4.69, 9.17) is 23.3 Å². The van der Waals surface area contributed by atoms with Gasteiger partial charge in [0.2, 0.25) is 0 Å². The molecule has 0 amide bonds. The number of unbranched alkanes of at least 4 members (excludes halogenated alkanes) is 15. The zero-order valence-corrected chi connectivity index (χ0v) is 26.8. The molecule has 0 aliphatic carbocycles. The van der Waals surface area contributed by atoms with Crippen molar-refractivity contribution in [2.45, 2.75) is 122 Å². The number of carbonyl (C=O) groups excluding carboxylic acids is 1. The highest BCUT2D eigenvalue weighted by molar-refractivity contribution is 7.47. The van der Waals surface area contributed by atoms with Gasteiger partial charge in [0.25, 0.3) is 0 Å². The van der Waals surface area contributed by atoms with Crippen molar-refractivity contribution in [3.05, 3.63) is 30.1 Å². The summed E-state index contributed by atoms with van der Waals surface area (Å²) in [6.45, 7) is 3.25. The van der Waals surface area contributed by atoms with E-state index in [1.165, 1.54) is 104 Å². The van der Waals surface area contributed by atoms with Crippen LogP contribution < -0.4 is 4.57 Å². The fourth-order valence-corrected chi connectivity index (χ4v) is 5.27. The molecule has 0 spiro atoms. The fraction of sp³-hybridized carbons (Fsp3) is 0.806. The number of phosphoric ester groups is 1. The number of hydrogen-bond donors (Lipinski definition) is 1. The molecule has 0 aliphatic heterocycles. The van der Waals surface area contributed by atoms with Crippen LogP contribution in [0.25, 0.3) is 0 Å². The molecular weight excluding hydrogens is 545 g/mol. The Balaban J connectivity index is 1.99. The van der Waals surface area contributed by atoms with E-state index in [9.17, 15) is 14.3 Å². The molecule has 1 heterocycles. The maximum Gasteiger partial charge on any atom is 0.472 e. The van der Waals surface area contributed by atoms with E-state index in [0.717, 1.165) is 12.8 Å². The molecule has 238 valence electrons. The van der Waals surface area contributed by atoms with Gasteiger partial charge in [0.05, 0.1) is 20.3 Å². The van der Waals surface area contributed by atoms with Crippen LogP contribution in [0.3, 0.4) is 0 Å². The largest absolute Gasteiger partial charge is 0.472 e. The number of aromatic nitrogens is 1. The van der Waals surface area contributed by atoms with Crippen LogP contribution in [-0.2, 0) is 34.4 Å². The lowest BCUT2D eigenvalue weighted by Crippen LogP contribution is -2.36. The molecule has 41 heavy (non-hydrogen) atoms. The van der Waals surface area contributed by atoms with Crippen molar-refractivity contribution in [2.75, 3.05) is 40.6 Å². The molecule has 10 heteroatoms. The van der Waals surface area contributed by atoms with Crippen LogP contribution in [0.5, 0.6) is 0 Å². The topological polar surface area (TPSA) is 104 Å². The highest BCUT2D eigenvalue weighted by Gasteiger charge is 2.24. The van der Waals surface area contributed by atoms with Gasteiger partial charge in [0.15, 0.2) is 18.9 Å². The summed E-state index contributed by atoms with van der Waals surface area (Å²) < 4.78 is 39.7. The maximum atomic E-state index is 12.2. The summed E-state index contributed by atoms with van der Waals surface area (Å²) in [6.07, 6.45) is 24.1. The number of phosphoric acid groups is 1. The summed E-state index contributed by atoms with van der Waals surface area (Å²) in [7, 11) is -1.43. The first-order valence-electron chi connectivity index (χ1n) is 15.7. The number of ether oxygens (including phenoxy) is 3. The average Bonchev–Trinajstić information content (AvgIpc) is 2.97. The molecule has 0 aliphatic rings. The zero-order chi connectivity index (χ0) is 30.0. The van der Waals surface area contributed by atoms with E-state index in [0.29, 0.717) is 12.2 Å². The van der Waals surface area contributed by atoms with Gasteiger partial charge in [-0.2, -0.15) is 0 Å². The van der Waals surface area contributed by atoms with Crippen LogP contribution in [0.1, 0.15) is 120 Å². The SMILES string of the molecule is CCCCCCCCCCCCCCCCCCOC[C@@H](COP(=O)(O)OCC[n+]1cccc(C(=O)OC)c1)OC. The number of methoxy groups -OCH3 is 2. The summed E-state index contributed by atoms with van der Waals surface area (Å²) in [4.78, 5) is 21.6. The van der Waals surface area contributed by atoms with Gasteiger partial charge in [0, 0.05) is 19.8 Å². The molecule has 1 N–H and O–H groups in total. The number of carbonyl (C=O) groups is 1. The molecule has 0 saturated carbocycles.